The van der Waals surface area contributed by atoms with Crippen LogP contribution in [0.1, 0.15) is 52.4 Å². The normalized spacial score (nSPS) is 10.6. The number of esters is 1. The fraction of sp³-hybridized carbons (Fsp3) is 0.867. The van der Waals surface area contributed by atoms with Crippen molar-refractivity contribution in [3.05, 3.63) is 0 Å². The van der Waals surface area contributed by atoms with E-state index in [1.54, 1.807) is 13.8 Å². The summed E-state index contributed by atoms with van der Waals surface area (Å²) in [6.45, 7) is 4.12. The van der Waals surface area contributed by atoms with Gasteiger partial charge in [0.1, 0.15) is 0 Å². The summed E-state index contributed by atoms with van der Waals surface area (Å²) in [6, 6.07) is 0. The van der Waals surface area contributed by atoms with Gasteiger partial charge in [-0.05, 0) is 25.7 Å². The SMILES string of the molecule is CC(C)(CO)COC(=O)CCCCC(=O)O.OCCCCO. The Labute approximate surface area is 131 Å². The Hall–Kier alpha value is -1.18. The van der Waals surface area contributed by atoms with Gasteiger partial charge in [-0.2, -0.15) is 0 Å². The number of hydrogen-bond donors (Lipinski definition) is 4. The predicted octanol–water partition coefficient (Wildman–Crippen LogP) is 0.944. The van der Waals surface area contributed by atoms with Crippen LogP contribution in [0.15, 0.2) is 0 Å². The Morgan fingerprint density at radius 1 is 0.909 bits per heavy atom. The number of aliphatic carboxylic acids is 1. The second-order valence-corrected chi connectivity index (χ2v) is 5.74. The van der Waals surface area contributed by atoms with E-state index in [4.69, 9.17) is 25.2 Å². The highest BCUT2D eigenvalue weighted by atomic mass is 16.5. The van der Waals surface area contributed by atoms with Crippen molar-refractivity contribution in [2.45, 2.75) is 52.4 Å². The molecule has 0 heterocycles. The van der Waals surface area contributed by atoms with Crippen molar-refractivity contribution in [2.24, 2.45) is 5.41 Å². The highest BCUT2D eigenvalue weighted by Crippen LogP contribution is 2.14. The van der Waals surface area contributed by atoms with Gasteiger partial charge in [0.25, 0.3) is 0 Å². The van der Waals surface area contributed by atoms with Crippen LogP contribution in [0.5, 0.6) is 0 Å². The number of carbonyl (C=O) groups is 2. The van der Waals surface area contributed by atoms with Crippen molar-refractivity contribution in [3.8, 4) is 0 Å². The molecule has 0 aromatic rings. The number of carbonyl (C=O) groups excluding carboxylic acids is 1. The first-order valence-corrected chi connectivity index (χ1v) is 7.49. The molecule has 7 nitrogen and oxygen atoms in total. The molecule has 0 unspecified atom stereocenters. The lowest BCUT2D eigenvalue weighted by Gasteiger charge is -2.20. The summed E-state index contributed by atoms with van der Waals surface area (Å²) in [5.74, 6) is -1.19. The van der Waals surface area contributed by atoms with Crippen LogP contribution >= 0.6 is 0 Å². The van der Waals surface area contributed by atoms with Crippen molar-refractivity contribution < 1.29 is 34.8 Å². The molecular formula is C15H30O7. The van der Waals surface area contributed by atoms with E-state index in [1.807, 2.05) is 0 Å². The molecule has 0 fully saturated rings. The van der Waals surface area contributed by atoms with Crippen LogP contribution in [0.3, 0.4) is 0 Å². The Bertz CT molecular complexity index is 286. The summed E-state index contributed by atoms with van der Waals surface area (Å²) < 4.78 is 4.96. The molecule has 4 N–H and O–H groups in total. The standard InChI is InChI=1S/C11H20O5.C4H10O2/c1-11(2,7-12)8-16-10(15)6-4-3-5-9(13)14;5-3-1-2-4-6/h12H,3-8H2,1-2H3,(H,13,14);5-6H,1-4H2. The van der Waals surface area contributed by atoms with Crippen molar-refractivity contribution in [1.29, 1.82) is 0 Å². The van der Waals surface area contributed by atoms with Gasteiger partial charge in [-0.1, -0.05) is 13.8 Å². The van der Waals surface area contributed by atoms with E-state index in [2.05, 4.69) is 0 Å². The van der Waals surface area contributed by atoms with Gasteiger partial charge < -0.3 is 25.2 Å². The number of unbranched alkanes of at least 4 members (excludes halogenated alkanes) is 2. The zero-order valence-corrected chi connectivity index (χ0v) is 13.6. The van der Waals surface area contributed by atoms with Gasteiger partial charge >= 0.3 is 11.9 Å². The van der Waals surface area contributed by atoms with Crippen LogP contribution in [0.25, 0.3) is 0 Å². The molecule has 0 amide bonds. The number of aliphatic hydroxyl groups excluding tert-OH is 3. The topological polar surface area (TPSA) is 124 Å². The number of rotatable bonds is 11. The number of ether oxygens (including phenoxy) is 1. The van der Waals surface area contributed by atoms with Gasteiger partial charge in [-0.15, -0.1) is 0 Å². The lowest BCUT2D eigenvalue weighted by atomic mass is 9.97. The molecule has 0 saturated heterocycles. The lowest BCUT2D eigenvalue weighted by molar-refractivity contribution is -0.148. The van der Waals surface area contributed by atoms with Gasteiger partial charge in [-0.25, -0.2) is 0 Å². The van der Waals surface area contributed by atoms with Gasteiger partial charge in [0.15, 0.2) is 0 Å². The van der Waals surface area contributed by atoms with E-state index in [1.165, 1.54) is 0 Å². The third kappa shape index (κ3) is 18.8. The van der Waals surface area contributed by atoms with Crippen LogP contribution < -0.4 is 0 Å². The molecular weight excluding hydrogens is 292 g/mol. The smallest absolute Gasteiger partial charge is 0.305 e. The molecule has 0 rings (SSSR count). The van der Waals surface area contributed by atoms with Crippen LogP contribution in [-0.4, -0.2) is 58.8 Å². The summed E-state index contributed by atoms with van der Waals surface area (Å²) in [6.07, 6.45) is 2.75. The van der Waals surface area contributed by atoms with Gasteiger partial charge in [0.05, 0.1) is 13.2 Å². The fourth-order valence-electron chi connectivity index (χ4n) is 1.16. The minimum Gasteiger partial charge on any atom is -0.481 e. The molecule has 0 aromatic carbocycles. The Morgan fingerprint density at radius 2 is 1.41 bits per heavy atom. The van der Waals surface area contributed by atoms with E-state index in [9.17, 15) is 9.59 Å². The first-order valence-electron chi connectivity index (χ1n) is 7.49. The summed E-state index contributed by atoms with van der Waals surface area (Å²) in [5.41, 5.74) is -0.420. The Morgan fingerprint density at radius 3 is 1.82 bits per heavy atom. The molecule has 0 spiro atoms. The molecule has 0 aliphatic heterocycles. The Kier molecular flexibility index (Phi) is 15.5. The summed E-state index contributed by atoms with van der Waals surface area (Å²) in [7, 11) is 0. The zero-order chi connectivity index (χ0) is 17.4. The maximum atomic E-state index is 11.2. The van der Waals surface area contributed by atoms with E-state index < -0.39 is 11.4 Å². The fourth-order valence-corrected chi connectivity index (χ4v) is 1.16. The minimum absolute atomic E-state index is 0.0424. The third-order valence-corrected chi connectivity index (χ3v) is 2.64. The number of hydrogen-bond acceptors (Lipinski definition) is 6. The average molecular weight is 322 g/mol. The quantitative estimate of drug-likeness (QED) is 0.329. The monoisotopic (exact) mass is 322 g/mol. The van der Waals surface area contributed by atoms with Gasteiger partial charge in [0.2, 0.25) is 0 Å². The molecule has 0 aliphatic rings. The lowest BCUT2D eigenvalue weighted by Crippen LogP contribution is -2.25. The van der Waals surface area contributed by atoms with Crippen molar-refractivity contribution >= 4 is 11.9 Å². The molecule has 0 aromatic heterocycles. The molecule has 0 aliphatic carbocycles. The predicted molar refractivity (Wildman–Crippen MR) is 81.3 cm³/mol. The summed E-state index contributed by atoms with van der Waals surface area (Å²) in [4.78, 5) is 21.4. The molecule has 132 valence electrons. The van der Waals surface area contributed by atoms with Gasteiger partial charge in [0, 0.05) is 31.5 Å². The highest BCUT2D eigenvalue weighted by Gasteiger charge is 2.18. The third-order valence-electron chi connectivity index (χ3n) is 2.64. The van der Waals surface area contributed by atoms with E-state index >= 15 is 0 Å². The number of carboxylic acids is 1. The van der Waals surface area contributed by atoms with Crippen molar-refractivity contribution in [1.82, 2.24) is 0 Å². The maximum absolute atomic E-state index is 11.2. The molecule has 0 bridgehead atoms. The minimum atomic E-state index is -0.852. The first-order chi connectivity index (χ1) is 10.3. The van der Waals surface area contributed by atoms with E-state index in [0.717, 1.165) is 12.8 Å². The van der Waals surface area contributed by atoms with Crippen molar-refractivity contribution in [3.63, 3.8) is 0 Å². The van der Waals surface area contributed by atoms with Gasteiger partial charge in [-0.3, -0.25) is 9.59 Å². The molecule has 7 heteroatoms. The molecule has 0 atom stereocenters. The number of carboxylic acid groups (broad SMARTS) is 1. The van der Waals surface area contributed by atoms with E-state index in [0.29, 0.717) is 12.8 Å². The maximum Gasteiger partial charge on any atom is 0.305 e. The van der Waals surface area contributed by atoms with E-state index in [-0.39, 0.29) is 45.2 Å². The zero-order valence-electron chi connectivity index (χ0n) is 13.6. The second kappa shape index (κ2) is 14.7. The van der Waals surface area contributed by atoms with Crippen LogP contribution in [0.4, 0.5) is 0 Å². The summed E-state index contributed by atoms with van der Waals surface area (Å²) in [5, 5.41) is 33.5. The first kappa shape index (κ1) is 23.1. The number of aliphatic hydroxyl groups is 3. The van der Waals surface area contributed by atoms with Crippen molar-refractivity contribution in [2.75, 3.05) is 26.4 Å². The van der Waals surface area contributed by atoms with Crippen LogP contribution in [0.2, 0.25) is 0 Å². The average Bonchev–Trinajstić information content (AvgIpc) is 2.48. The molecule has 22 heavy (non-hydrogen) atoms. The summed E-state index contributed by atoms with van der Waals surface area (Å²) >= 11 is 0. The van der Waals surface area contributed by atoms with Crippen LogP contribution in [0, 0.1) is 5.41 Å². The largest absolute Gasteiger partial charge is 0.481 e. The Balaban J connectivity index is 0. The second-order valence-electron chi connectivity index (χ2n) is 5.74. The highest BCUT2D eigenvalue weighted by molar-refractivity contribution is 5.69. The van der Waals surface area contributed by atoms with Crippen LogP contribution in [-0.2, 0) is 14.3 Å². The molecule has 0 saturated carbocycles. The molecule has 0 radical (unpaired) electrons.